The molecule has 0 atom stereocenters. The summed E-state index contributed by atoms with van der Waals surface area (Å²) < 4.78 is 11.3. The predicted molar refractivity (Wildman–Crippen MR) is 112 cm³/mol. The molecule has 0 bridgehead atoms. The Kier molecular flexibility index (Phi) is 6.16. The summed E-state index contributed by atoms with van der Waals surface area (Å²) in [6.07, 6.45) is 5.31. The Bertz CT molecular complexity index is 1280. The minimum absolute atomic E-state index is 0.0359. The summed E-state index contributed by atoms with van der Waals surface area (Å²) in [6.45, 7) is -0.124. The van der Waals surface area contributed by atoms with E-state index in [0.29, 0.717) is 16.5 Å². The van der Waals surface area contributed by atoms with Crippen LogP contribution in [0, 0.1) is 22.5 Å². The minimum Gasteiger partial charge on any atom is -0.493 e. The van der Waals surface area contributed by atoms with Crippen molar-refractivity contribution in [1.82, 2.24) is 15.1 Å². The SMILES string of the molecule is C#CCn1nc(CNC(=O)c2cc(OC)c(OC)cc2[N+](=O)[O-])c2ccccc2c1=O. The lowest BCUT2D eigenvalue weighted by Gasteiger charge is -2.12. The Morgan fingerprint density at radius 1 is 1.23 bits per heavy atom. The predicted octanol–water partition coefficient (Wildman–Crippen LogP) is 1.89. The normalized spacial score (nSPS) is 10.4. The number of terminal acetylenes is 1. The number of nitro groups is 1. The van der Waals surface area contributed by atoms with Gasteiger partial charge in [-0.15, -0.1) is 6.42 Å². The first-order valence-corrected chi connectivity index (χ1v) is 9.02. The molecule has 0 radical (unpaired) electrons. The summed E-state index contributed by atoms with van der Waals surface area (Å²) in [7, 11) is 2.69. The van der Waals surface area contributed by atoms with E-state index in [9.17, 15) is 19.7 Å². The van der Waals surface area contributed by atoms with Gasteiger partial charge in [0.1, 0.15) is 12.1 Å². The van der Waals surface area contributed by atoms with E-state index in [1.807, 2.05) is 0 Å². The molecule has 10 nitrogen and oxygen atoms in total. The largest absolute Gasteiger partial charge is 0.493 e. The molecule has 0 aliphatic rings. The van der Waals surface area contributed by atoms with Gasteiger partial charge in [0.2, 0.25) is 0 Å². The van der Waals surface area contributed by atoms with E-state index in [1.54, 1.807) is 24.3 Å². The lowest BCUT2D eigenvalue weighted by Crippen LogP contribution is -2.28. The van der Waals surface area contributed by atoms with E-state index in [0.717, 1.165) is 10.7 Å². The van der Waals surface area contributed by atoms with Gasteiger partial charge >= 0.3 is 0 Å². The average Bonchev–Trinajstić information content (AvgIpc) is 2.78. The van der Waals surface area contributed by atoms with Gasteiger partial charge in [0.25, 0.3) is 17.2 Å². The van der Waals surface area contributed by atoms with Gasteiger partial charge in [0.15, 0.2) is 11.5 Å². The number of carbonyl (C=O) groups is 1. The van der Waals surface area contributed by atoms with Crippen molar-refractivity contribution in [2.75, 3.05) is 14.2 Å². The van der Waals surface area contributed by atoms with Crippen LogP contribution < -0.4 is 20.3 Å². The standard InChI is InChI=1S/C21H18N4O6/c1-4-9-24-21(27)14-8-6-5-7-13(14)16(23-24)12-22-20(26)15-10-18(30-2)19(31-3)11-17(15)25(28)29/h1,5-8,10-11H,9,12H2,2-3H3,(H,22,26). The Balaban J connectivity index is 1.99. The number of nitro benzene ring substituents is 1. The monoisotopic (exact) mass is 422 g/mol. The van der Waals surface area contributed by atoms with Crippen molar-refractivity contribution in [1.29, 1.82) is 0 Å². The highest BCUT2D eigenvalue weighted by molar-refractivity contribution is 5.99. The van der Waals surface area contributed by atoms with Crippen molar-refractivity contribution in [3.05, 3.63) is 68.1 Å². The molecule has 0 spiro atoms. The fraction of sp³-hybridized carbons (Fsp3) is 0.190. The number of ether oxygens (including phenoxy) is 2. The second-order valence-electron chi connectivity index (χ2n) is 6.32. The molecule has 31 heavy (non-hydrogen) atoms. The molecule has 10 heteroatoms. The number of hydrogen-bond acceptors (Lipinski definition) is 7. The lowest BCUT2D eigenvalue weighted by atomic mass is 10.1. The Hall–Kier alpha value is -4.39. The summed E-state index contributed by atoms with van der Waals surface area (Å²) >= 11 is 0. The van der Waals surface area contributed by atoms with Crippen molar-refractivity contribution in [3.8, 4) is 23.8 Å². The molecular formula is C21H18N4O6. The number of aromatic nitrogens is 2. The summed E-state index contributed by atoms with van der Waals surface area (Å²) in [5.74, 6) is 1.94. The Labute approximate surface area is 176 Å². The second-order valence-corrected chi connectivity index (χ2v) is 6.32. The summed E-state index contributed by atoms with van der Waals surface area (Å²) in [5.41, 5.74) is -0.602. The molecule has 158 valence electrons. The van der Waals surface area contributed by atoms with E-state index in [4.69, 9.17) is 15.9 Å². The van der Waals surface area contributed by atoms with Crippen molar-refractivity contribution >= 4 is 22.4 Å². The molecule has 2 aromatic carbocycles. The molecule has 0 fully saturated rings. The van der Waals surface area contributed by atoms with Crippen molar-refractivity contribution in [2.24, 2.45) is 0 Å². The van der Waals surface area contributed by atoms with Gasteiger partial charge < -0.3 is 14.8 Å². The highest BCUT2D eigenvalue weighted by Gasteiger charge is 2.24. The molecule has 0 unspecified atom stereocenters. The number of nitrogens with one attached hydrogen (secondary N) is 1. The number of rotatable bonds is 7. The zero-order valence-electron chi connectivity index (χ0n) is 16.7. The molecule has 0 aliphatic carbocycles. The lowest BCUT2D eigenvalue weighted by molar-refractivity contribution is -0.385. The molecule has 0 saturated carbocycles. The van der Waals surface area contributed by atoms with Crippen LogP contribution in [0.4, 0.5) is 5.69 Å². The van der Waals surface area contributed by atoms with E-state index >= 15 is 0 Å². The molecule has 1 amide bonds. The van der Waals surface area contributed by atoms with Crippen molar-refractivity contribution in [2.45, 2.75) is 13.1 Å². The highest BCUT2D eigenvalue weighted by atomic mass is 16.6. The van der Waals surface area contributed by atoms with Crippen LogP contribution in [0.25, 0.3) is 10.8 Å². The molecule has 3 rings (SSSR count). The van der Waals surface area contributed by atoms with Crippen molar-refractivity contribution in [3.63, 3.8) is 0 Å². The van der Waals surface area contributed by atoms with Crippen LogP contribution >= 0.6 is 0 Å². The maximum Gasteiger partial charge on any atom is 0.286 e. The summed E-state index contributed by atoms with van der Waals surface area (Å²) in [5, 5.41) is 19.3. The minimum atomic E-state index is -0.715. The van der Waals surface area contributed by atoms with Crippen LogP contribution in [-0.4, -0.2) is 34.8 Å². The van der Waals surface area contributed by atoms with E-state index in [2.05, 4.69) is 16.3 Å². The van der Waals surface area contributed by atoms with Crippen LogP contribution in [0.15, 0.2) is 41.2 Å². The molecule has 1 heterocycles. The number of amides is 1. The number of fused-ring (bicyclic) bond motifs is 1. The van der Waals surface area contributed by atoms with Gasteiger partial charge in [-0.2, -0.15) is 5.10 Å². The van der Waals surface area contributed by atoms with Crippen LogP contribution in [0.2, 0.25) is 0 Å². The van der Waals surface area contributed by atoms with Gasteiger partial charge in [-0.1, -0.05) is 24.1 Å². The van der Waals surface area contributed by atoms with Gasteiger partial charge in [0, 0.05) is 11.5 Å². The average molecular weight is 422 g/mol. The number of carbonyl (C=O) groups excluding carboxylic acids is 1. The topological polar surface area (TPSA) is 126 Å². The van der Waals surface area contributed by atoms with Crippen LogP contribution in [0.3, 0.4) is 0 Å². The molecule has 0 saturated heterocycles. The summed E-state index contributed by atoms with van der Waals surface area (Å²) in [6, 6.07) is 9.13. The quantitative estimate of drug-likeness (QED) is 0.350. The van der Waals surface area contributed by atoms with Crippen LogP contribution in [0.1, 0.15) is 16.1 Å². The molecule has 1 aromatic heterocycles. The molecule has 3 aromatic rings. The number of methoxy groups -OCH3 is 2. The molecular weight excluding hydrogens is 404 g/mol. The first-order chi connectivity index (χ1) is 14.9. The maximum absolute atomic E-state index is 12.8. The van der Waals surface area contributed by atoms with E-state index in [1.165, 1.54) is 20.3 Å². The summed E-state index contributed by atoms with van der Waals surface area (Å²) in [4.78, 5) is 36.1. The first kappa shape index (κ1) is 21.3. The van der Waals surface area contributed by atoms with Gasteiger partial charge in [-0.05, 0) is 6.07 Å². The number of hydrogen-bond donors (Lipinski definition) is 1. The Morgan fingerprint density at radius 3 is 2.48 bits per heavy atom. The smallest absolute Gasteiger partial charge is 0.286 e. The first-order valence-electron chi connectivity index (χ1n) is 9.02. The Morgan fingerprint density at radius 2 is 1.87 bits per heavy atom. The van der Waals surface area contributed by atoms with Crippen LogP contribution in [-0.2, 0) is 13.1 Å². The second kappa shape index (κ2) is 8.96. The third kappa shape index (κ3) is 4.16. The fourth-order valence-corrected chi connectivity index (χ4v) is 3.09. The van der Waals surface area contributed by atoms with E-state index in [-0.39, 0.29) is 35.7 Å². The van der Waals surface area contributed by atoms with Crippen LogP contribution in [0.5, 0.6) is 11.5 Å². The fourth-order valence-electron chi connectivity index (χ4n) is 3.09. The number of nitrogens with zero attached hydrogens (tertiary/aromatic N) is 3. The third-order valence-corrected chi connectivity index (χ3v) is 4.54. The van der Waals surface area contributed by atoms with E-state index < -0.39 is 16.5 Å². The number of benzene rings is 2. The zero-order valence-corrected chi connectivity index (χ0v) is 16.7. The van der Waals surface area contributed by atoms with Gasteiger partial charge in [-0.25, -0.2) is 4.68 Å². The molecule has 0 aliphatic heterocycles. The molecule has 1 N–H and O–H groups in total. The highest BCUT2D eigenvalue weighted by Crippen LogP contribution is 2.34. The van der Waals surface area contributed by atoms with Gasteiger partial charge in [-0.3, -0.25) is 19.7 Å². The third-order valence-electron chi connectivity index (χ3n) is 4.54. The maximum atomic E-state index is 12.8. The van der Waals surface area contributed by atoms with Crippen molar-refractivity contribution < 1.29 is 19.2 Å². The van der Waals surface area contributed by atoms with Gasteiger partial charge in [0.05, 0.1) is 42.8 Å². The zero-order chi connectivity index (χ0) is 22.5.